The van der Waals surface area contributed by atoms with E-state index in [0.29, 0.717) is 12.5 Å². The number of hydrogen-bond acceptors (Lipinski definition) is 6. The van der Waals surface area contributed by atoms with Crippen molar-refractivity contribution in [2.45, 2.75) is 44.4 Å². The van der Waals surface area contributed by atoms with E-state index in [0.717, 1.165) is 46.9 Å². The highest BCUT2D eigenvalue weighted by atomic mass is 32.2. The second-order valence-corrected chi connectivity index (χ2v) is 8.78. The van der Waals surface area contributed by atoms with Gasteiger partial charge in [0.1, 0.15) is 17.5 Å². The molecule has 0 bridgehead atoms. The first-order valence-corrected chi connectivity index (χ1v) is 10.6. The van der Waals surface area contributed by atoms with Gasteiger partial charge in [-0.2, -0.15) is 5.10 Å². The lowest BCUT2D eigenvalue weighted by Gasteiger charge is -2.17. The van der Waals surface area contributed by atoms with Crippen molar-refractivity contribution in [2.24, 2.45) is 5.92 Å². The van der Waals surface area contributed by atoms with Crippen LogP contribution in [-0.4, -0.2) is 30.1 Å². The number of fused-ring (bicyclic) bond motifs is 3. The third-order valence-electron chi connectivity index (χ3n) is 4.71. The summed E-state index contributed by atoms with van der Waals surface area (Å²) in [6.07, 6.45) is 8.18. The minimum Gasteiger partial charge on any atom is -0.283 e. The van der Waals surface area contributed by atoms with E-state index in [1.54, 1.807) is 44.8 Å². The summed E-state index contributed by atoms with van der Waals surface area (Å²) in [6.45, 7) is 7.30. The lowest BCUT2D eigenvalue weighted by atomic mass is 9.89. The van der Waals surface area contributed by atoms with Gasteiger partial charge < -0.3 is 0 Å². The number of allylic oxidation sites excluding steroid dienone is 1. The van der Waals surface area contributed by atoms with E-state index >= 15 is 0 Å². The molecule has 1 aliphatic rings. The zero-order valence-electron chi connectivity index (χ0n) is 14.7. The molecule has 0 saturated heterocycles. The fraction of sp³-hybridized carbons (Fsp3) is 0.444. The highest BCUT2D eigenvalue weighted by Crippen LogP contribution is 2.36. The molecular formula is C18H21N5OS2. The van der Waals surface area contributed by atoms with Gasteiger partial charge in [-0.05, 0) is 30.7 Å². The molecular weight excluding hydrogens is 366 g/mol. The molecule has 8 heteroatoms. The Morgan fingerprint density at radius 3 is 3.15 bits per heavy atom. The molecule has 0 aliphatic heterocycles. The molecule has 0 saturated carbocycles. The molecule has 6 nitrogen and oxygen atoms in total. The fourth-order valence-electron chi connectivity index (χ4n) is 3.38. The van der Waals surface area contributed by atoms with Crippen LogP contribution in [0.15, 0.2) is 35.3 Å². The monoisotopic (exact) mass is 387 g/mol. The molecule has 0 amide bonds. The van der Waals surface area contributed by atoms with Crippen LogP contribution in [0.3, 0.4) is 0 Å². The molecule has 3 aromatic heterocycles. The van der Waals surface area contributed by atoms with E-state index in [1.807, 2.05) is 0 Å². The predicted octanol–water partition coefficient (Wildman–Crippen LogP) is 3.15. The van der Waals surface area contributed by atoms with Gasteiger partial charge in [0, 0.05) is 17.2 Å². The topological polar surface area (TPSA) is 65.6 Å². The minimum absolute atomic E-state index is 0.0743. The molecule has 1 atom stereocenters. The summed E-state index contributed by atoms with van der Waals surface area (Å²) < 4.78 is 3.54. The lowest BCUT2D eigenvalue weighted by Crippen LogP contribution is -2.23. The van der Waals surface area contributed by atoms with Crippen LogP contribution < -0.4 is 5.56 Å². The molecule has 0 spiro atoms. The first-order valence-electron chi connectivity index (χ1n) is 8.78. The third kappa shape index (κ3) is 3.23. The molecule has 1 aliphatic carbocycles. The van der Waals surface area contributed by atoms with Crippen LogP contribution in [0.25, 0.3) is 10.2 Å². The van der Waals surface area contributed by atoms with Gasteiger partial charge in [-0.3, -0.25) is 14.0 Å². The number of nitrogens with zero attached hydrogens (tertiary/aromatic N) is 5. The first kappa shape index (κ1) is 17.5. The summed E-state index contributed by atoms with van der Waals surface area (Å²) in [7, 11) is 0. The fourth-order valence-corrected chi connectivity index (χ4v) is 5.74. The Bertz CT molecular complexity index is 989. The molecule has 3 heterocycles. The van der Waals surface area contributed by atoms with Gasteiger partial charge in [0.15, 0.2) is 5.16 Å². The molecule has 1 unspecified atom stereocenters. The van der Waals surface area contributed by atoms with Gasteiger partial charge >= 0.3 is 0 Å². The summed E-state index contributed by atoms with van der Waals surface area (Å²) in [5.41, 5.74) is 1.31. The number of aryl methyl sites for hydroxylation is 2. The van der Waals surface area contributed by atoms with Gasteiger partial charge in [0.2, 0.25) is 0 Å². The second kappa shape index (κ2) is 7.36. The number of hydrogen-bond donors (Lipinski definition) is 0. The van der Waals surface area contributed by atoms with E-state index in [2.05, 4.69) is 23.6 Å². The minimum atomic E-state index is 0.0743. The Kier molecular flexibility index (Phi) is 4.95. The highest BCUT2D eigenvalue weighted by molar-refractivity contribution is 7.99. The van der Waals surface area contributed by atoms with Crippen molar-refractivity contribution in [1.82, 2.24) is 24.3 Å². The van der Waals surface area contributed by atoms with E-state index in [1.165, 1.54) is 16.8 Å². The Hall–Kier alpha value is -1.93. The Labute approximate surface area is 160 Å². The standard InChI is InChI=1S/C18H21N5OS2/c1-3-6-23-17(24)15-13-5-4-12(2)9-14(13)26-16(15)21-18(23)25-8-7-22-11-19-10-20-22/h3,10-12H,1,4-9H2,2H3. The van der Waals surface area contributed by atoms with Crippen molar-refractivity contribution >= 4 is 33.3 Å². The summed E-state index contributed by atoms with van der Waals surface area (Å²) in [6, 6.07) is 0. The molecule has 0 aromatic carbocycles. The summed E-state index contributed by atoms with van der Waals surface area (Å²) in [4.78, 5) is 24.2. The van der Waals surface area contributed by atoms with Crippen LogP contribution in [0, 0.1) is 5.92 Å². The summed E-state index contributed by atoms with van der Waals surface area (Å²) in [5.74, 6) is 1.46. The van der Waals surface area contributed by atoms with Gasteiger partial charge in [-0.15, -0.1) is 17.9 Å². The Balaban J connectivity index is 1.70. The summed E-state index contributed by atoms with van der Waals surface area (Å²) >= 11 is 3.28. The van der Waals surface area contributed by atoms with Crippen molar-refractivity contribution in [3.05, 3.63) is 46.1 Å². The molecule has 0 N–H and O–H groups in total. The molecule has 0 radical (unpaired) electrons. The number of rotatable bonds is 6. The summed E-state index contributed by atoms with van der Waals surface area (Å²) in [5, 5.41) is 5.71. The largest absolute Gasteiger partial charge is 0.283 e. The number of thiophene rings is 1. The number of aromatic nitrogens is 5. The maximum Gasteiger partial charge on any atom is 0.263 e. The van der Waals surface area contributed by atoms with Crippen molar-refractivity contribution in [3.8, 4) is 0 Å². The maximum absolute atomic E-state index is 13.2. The normalized spacial score (nSPS) is 16.7. The van der Waals surface area contributed by atoms with Crippen molar-refractivity contribution in [1.29, 1.82) is 0 Å². The van der Waals surface area contributed by atoms with Crippen LogP contribution >= 0.6 is 23.1 Å². The Morgan fingerprint density at radius 2 is 2.38 bits per heavy atom. The van der Waals surface area contributed by atoms with Crippen LogP contribution in [0.5, 0.6) is 0 Å². The van der Waals surface area contributed by atoms with Crippen molar-refractivity contribution < 1.29 is 0 Å². The van der Waals surface area contributed by atoms with Crippen LogP contribution in [0.4, 0.5) is 0 Å². The van der Waals surface area contributed by atoms with E-state index < -0.39 is 0 Å². The van der Waals surface area contributed by atoms with Gasteiger partial charge in [0.05, 0.1) is 11.9 Å². The lowest BCUT2D eigenvalue weighted by molar-refractivity contribution is 0.509. The third-order valence-corrected chi connectivity index (χ3v) is 6.81. The van der Waals surface area contributed by atoms with Crippen molar-refractivity contribution in [2.75, 3.05) is 5.75 Å². The molecule has 0 fully saturated rings. The quantitative estimate of drug-likeness (QED) is 0.369. The SMILES string of the molecule is C=CCn1c(SCCn2cncn2)nc2sc3c(c2c1=O)CCC(C)C3. The van der Waals surface area contributed by atoms with Gasteiger partial charge in [0.25, 0.3) is 5.56 Å². The van der Waals surface area contributed by atoms with Crippen LogP contribution in [-0.2, 0) is 25.9 Å². The van der Waals surface area contributed by atoms with Crippen LogP contribution in [0.1, 0.15) is 23.8 Å². The average Bonchev–Trinajstić information content (AvgIpc) is 3.25. The van der Waals surface area contributed by atoms with Gasteiger partial charge in [-0.25, -0.2) is 9.97 Å². The smallest absolute Gasteiger partial charge is 0.263 e. The van der Waals surface area contributed by atoms with E-state index in [9.17, 15) is 4.79 Å². The van der Waals surface area contributed by atoms with E-state index in [4.69, 9.17) is 4.98 Å². The zero-order chi connectivity index (χ0) is 18.1. The molecule has 4 rings (SSSR count). The first-order chi connectivity index (χ1) is 12.7. The van der Waals surface area contributed by atoms with Crippen molar-refractivity contribution in [3.63, 3.8) is 0 Å². The predicted molar refractivity (Wildman–Crippen MR) is 106 cm³/mol. The molecule has 136 valence electrons. The Morgan fingerprint density at radius 1 is 1.50 bits per heavy atom. The maximum atomic E-state index is 13.2. The average molecular weight is 388 g/mol. The van der Waals surface area contributed by atoms with Gasteiger partial charge in [-0.1, -0.05) is 24.8 Å². The zero-order valence-corrected chi connectivity index (χ0v) is 16.4. The van der Waals surface area contributed by atoms with Crippen LogP contribution in [0.2, 0.25) is 0 Å². The van der Waals surface area contributed by atoms with E-state index in [-0.39, 0.29) is 5.56 Å². The molecule has 3 aromatic rings. The number of thioether (sulfide) groups is 1. The second-order valence-electron chi connectivity index (χ2n) is 6.64. The molecule has 26 heavy (non-hydrogen) atoms. The highest BCUT2D eigenvalue weighted by Gasteiger charge is 2.24.